The number of rotatable bonds is 3. The van der Waals surface area contributed by atoms with Crippen molar-refractivity contribution < 1.29 is 26.7 Å². The fourth-order valence-corrected chi connectivity index (χ4v) is 4.20. The highest BCUT2D eigenvalue weighted by molar-refractivity contribution is 7.22. The predicted octanol–water partition coefficient (Wildman–Crippen LogP) is 5.92. The number of halogens is 5. The van der Waals surface area contributed by atoms with E-state index in [4.69, 9.17) is 10.5 Å². The third kappa shape index (κ3) is 3.42. The number of hydrogen-bond donors (Lipinski definition) is 1. The summed E-state index contributed by atoms with van der Waals surface area (Å²) in [6.07, 6.45) is -4.92. The molecule has 0 saturated carbocycles. The largest absolute Gasteiger partial charge is 0.467 e. The van der Waals surface area contributed by atoms with Crippen molar-refractivity contribution in [1.82, 2.24) is 15.0 Å². The second-order valence-electron chi connectivity index (χ2n) is 7.08. The lowest BCUT2D eigenvalue weighted by Gasteiger charge is -2.18. The lowest BCUT2D eigenvalue weighted by Crippen LogP contribution is -2.11. The number of fused-ring (bicyclic) bond motifs is 2. The van der Waals surface area contributed by atoms with Gasteiger partial charge in [-0.3, -0.25) is 0 Å². The van der Waals surface area contributed by atoms with Crippen molar-refractivity contribution in [2.45, 2.75) is 25.9 Å². The number of alkyl halides is 3. The van der Waals surface area contributed by atoms with Gasteiger partial charge in [-0.25, -0.2) is 13.8 Å². The Bertz CT molecular complexity index is 1330. The van der Waals surface area contributed by atoms with Crippen molar-refractivity contribution in [3.8, 4) is 17.1 Å². The van der Waals surface area contributed by atoms with E-state index in [1.54, 1.807) is 13.8 Å². The van der Waals surface area contributed by atoms with E-state index >= 15 is 4.39 Å². The first-order chi connectivity index (χ1) is 14.5. The fraction of sp³-hybridized carbons (Fsp3) is 0.250. The lowest BCUT2D eigenvalue weighted by molar-refractivity contribution is -0.137. The van der Waals surface area contributed by atoms with E-state index < -0.39 is 28.9 Å². The summed E-state index contributed by atoms with van der Waals surface area (Å²) >= 11 is 0.765. The number of nitrogens with zero attached hydrogens (tertiary/aromatic N) is 3. The van der Waals surface area contributed by atoms with Gasteiger partial charge in [0.05, 0.1) is 28.6 Å². The van der Waals surface area contributed by atoms with E-state index in [0.717, 1.165) is 29.5 Å². The molecule has 0 saturated heterocycles. The van der Waals surface area contributed by atoms with Crippen LogP contribution in [0.2, 0.25) is 0 Å². The van der Waals surface area contributed by atoms with Crippen molar-refractivity contribution in [3.63, 3.8) is 0 Å². The molecule has 4 rings (SSSR count). The molecule has 0 atom stereocenters. The van der Waals surface area contributed by atoms with Crippen LogP contribution < -0.4 is 10.5 Å². The third-order valence-corrected chi connectivity index (χ3v) is 5.65. The molecular weight excluding hydrogens is 439 g/mol. The molecular formula is C20H15F5N4OS. The Balaban J connectivity index is 2.20. The Morgan fingerprint density at radius 2 is 1.77 bits per heavy atom. The SMILES string of the molecule is COc1nc(C(C)C)c2cc(C(F)(F)F)c(-c3ccc(F)c4sc(N)nc34)c(F)c2n1. The minimum absolute atomic E-state index is 0.0535. The zero-order valence-electron chi connectivity index (χ0n) is 16.4. The average molecular weight is 454 g/mol. The highest BCUT2D eigenvalue weighted by atomic mass is 32.1. The van der Waals surface area contributed by atoms with Gasteiger partial charge in [-0.1, -0.05) is 25.2 Å². The van der Waals surface area contributed by atoms with Crippen molar-refractivity contribution in [3.05, 3.63) is 41.1 Å². The lowest BCUT2D eigenvalue weighted by atomic mass is 9.93. The monoisotopic (exact) mass is 454 g/mol. The third-order valence-electron chi connectivity index (χ3n) is 4.76. The minimum Gasteiger partial charge on any atom is -0.467 e. The summed E-state index contributed by atoms with van der Waals surface area (Å²) in [7, 11) is 1.27. The topological polar surface area (TPSA) is 73.9 Å². The number of nitrogens with two attached hydrogens (primary N) is 1. The standard InChI is InChI=1S/C20H15F5N4OS/c1-7(2)14-9-6-10(20(23,24)25)12(13(22)15(9)29-19(28-14)30-3)8-4-5-11(21)17-16(8)27-18(26)31-17/h4-7H,1-3H3,(H2,26,27). The molecule has 0 radical (unpaired) electrons. The van der Waals surface area contributed by atoms with E-state index in [-0.39, 0.29) is 49.4 Å². The number of anilines is 1. The van der Waals surface area contributed by atoms with Crippen LogP contribution in [0.4, 0.5) is 27.1 Å². The maximum atomic E-state index is 15.7. The molecule has 0 fully saturated rings. The summed E-state index contributed by atoms with van der Waals surface area (Å²) in [5, 5.41) is -0.136. The van der Waals surface area contributed by atoms with Gasteiger partial charge >= 0.3 is 12.2 Å². The Labute approximate surface area is 176 Å². The van der Waals surface area contributed by atoms with Crippen molar-refractivity contribution >= 4 is 37.6 Å². The first kappa shape index (κ1) is 21.2. The number of hydrogen-bond acceptors (Lipinski definition) is 6. The summed E-state index contributed by atoms with van der Waals surface area (Å²) in [6.45, 7) is 3.42. The van der Waals surface area contributed by atoms with Gasteiger partial charge < -0.3 is 10.5 Å². The highest BCUT2D eigenvalue weighted by Crippen LogP contribution is 2.45. The van der Waals surface area contributed by atoms with Gasteiger partial charge in [0, 0.05) is 16.5 Å². The van der Waals surface area contributed by atoms with E-state index in [2.05, 4.69) is 15.0 Å². The van der Waals surface area contributed by atoms with Crippen LogP contribution in [0.25, 0.3) is 32.2 Å². The summed E-state index contributed by atoms with van der Waals surface area (Å²) in [5.74, 6) is -2.28. The van der Waals surface area contributed by atoms with Crippen LogP contribution in [-0.4, -0.2) is 22.1 Å². The van der Waals surface area contributed by atoms with Crippen molar-refractivity contribution in [2.75, 3.05) is 12.8 Å². The molecule has 31 heavy (non-hydrogen) atoms. The molecule has 2 heterocycles. The number of thiazole rings is 1. The number of aromatic nitrogens is 3. The Morgan fingerprint density at radius 1 is 1.06 bits per heavy atom. The number of nitrogen functional groups attached to an aromatic ring is 1. The average Bonchev–Trinajstić information content (AvgIpc) is 3.09. The maximum Gasteiger partial charge on any atom is 0.417 e. The van der Waals surface area contributed by atoms with Crippen LogP contribution in [0.1, 0.15) is 31.0 Å². The van der Waals surface area contributed by atoms with Gasteiger partial charge in [0.1, 0.15) is 11.3 Å². The number of methoxy groups -OCH3 is 1. The molecule has 2 aromatic carbocycles. The molecule has 0 aliphatic heterocycles. The quantitative estimate of drug-likeness (QED) is 0.389. The summed E-state index contributed by atoms with van der Waals surface area (Å²) < 4.78 is 77.0. The van der Waals surface area contributed by atoms with Gasteiger partial charge in [-0.2, -0.15) is 23.1 Å². The molecule has 0 spiro atoms. The molecule has 162 valence electrons. The molecule has 11 heteroatoms. The number of benzene rings is 2. The highest BCUT2D eigenvalue weighted by Gasteiger charge is 2.38. The summed E-state index contributed by atoms with van der Waals surface area (Å²) in [5.41, 5.74) is 3.09. The molecule has 5 nitrogen and oxygen atoms in total. The molecule has 0 bridgehead atoms. The number of ether oxygens (including phenoxy) is 1. The molecule has 2 aromatic heterocycles. The van der Waals surface area contributed by atoms with Gasteiger partial charge in [0.15, 0.2) is 10.9 Å². The molecule has 0 aliphatic rings. The van der Waals surface area contributed by atoms with Crippen LogP contribution in [-0.2, 0) is 6.18 Å². The Morgan fingerprint density at radius 3 is 2.39 bits per heavy atom. The molecule has 4 aromatic rings. The minimum atomic E-state index is -4.92. The van der Waals surface area contributed by atoms with Gasteiger partial charge in [0.25, 0.3) is 0 Å². The fourth-order valence-electron chi connectivity index (χ4n) is 3.44. The van der Waals surface area contributed by atoms with E-state index in [9.17, 15) is 17.6 Å². The smallest absolute Gasteiger partial charge is 0.417 e. The van der Waals surface area contributed by atoms with Crippen LogP contribution in [0.3, 0.4) is 0 Å². The maximum absolute atomic E-state index is 15.7. The van der Waals surface area contributed by atoms with Crippen LogP contribution in [0.15, 0.2) is 18.2 Å². The van der Waals surface area contributed by atoms with Crippen molar-refractivity contribution in [2.24, 2.45) is 0 Å². The first-order valence-corrected chi connectivity index (χ1v) is 9.84. The zero-order valence-corrected chi connectivity index (χ0v) is 17.3. The van der Waals surface area contributed by atoms with Crippen LogP contribution >= 0.6 is 11.3 Å². The van der Waals surface area contributed by atoms with Crippen LogP contribution in [0.5, 0.6) is 6.01 Å². The molecule has 0 unspecified atom stereocenters. The Hall–Kier alpha value is -3.08. The van der Waals surface area contributed by atoms with Gasteiger partial charge in [-0.05, 0) is 24.1 Å². The van der Waals surface area contributed by atoms with E-state index in [0.29, 0.717) is 0 Å². The van der Waals surface area contributed by atoms with E-state index in [1.807, 2.05) is 0 Å². The summed E-state index contributed by atoms with van der Waals surface area (Å²) in [4.78, 5) is 12.0. The second kappa shape index (κ2) is 7.26. The van der Waals surface area contributed by atoms with Crippen molar-refractivity contribution in [1.29, 1.82) is 0 Å². The molecule has 2 N–H and O–H groups in total. The second-order valence-corrected chi connectivity index (χ2v) is 8.11. The summed E-state index contributed by atoms with van der Waals surface area (Å²) in [6, 6.07) is 2.65. The normalized spacial score (nSPS) is 12.3. The predicted molar refractivity (Wildman–Crippen MR) is 108 cm³/mol. The molecule has 0 amide bonds. The Kier molecular flexibility index (Phi) is 4.95. The molecule has 0 aliphatic carbocycles. The van der Waals surface area contributed by atoms with Crippen LogP contribution in [0, 0.1) is 11.6 Å². The van der Waals surface area contributed by atoms with E-state index in [1.165, 1.54) is 7.11 Å². The van der Waals surface area contributed by atoms with Gasteiger partial charge in [-0.15, -0.1) is 0 Å². The zero-order chi connectivity index (χ0) is 22.7. The van der Waals surface area contributed by atoms with Gasteiger partial charge in [0.2, 0.25) is 0 Å². The first-order valence-electron chi connectivity index (χ1n) is 9.03.